The number of carbonyl (C=O) groups excluding carboxylic acids is 1. The molecule has 5 heteroatoms. The maximum absolute atomic E-state index is 11.2. The predicted molar refractivity (Wildman–Crippen MR) is 43.3 cm³/mol. The van der Waals surface area contributed by atoms with Crippen LogP contribution in [0.25, 0.3) is 0 Å². The zero-order valence-corrected chi connectivity index (χ0v) is 7.10. The largest absolute Gasteiger partial charge is 0.447 e. The lowest BCUT2D eigenvalue weighted by Crippen LogP contribution is -2.47. The van der Waals surface area contributed by atoms with Crippen LogP contribution in [0.5, 0.6) is 0 Å². The first-order valence-electron chi connectivity index (χ1n) is 4.49. The summed E-state index contributed by atoms with van der Waals surface area (Å²) < 4.78 is 4.96. The average molecular weight is 182 g/mol. The van der Waals surface area contributed by atoms with Gasteiger partial charge in [0.2, 0.25) is 0 Å². The second kappa shape index (κ2) is 2.37. The van der Waals surface area contributed by atoms with Gasteiger partial charge in [0.05, 0.1) is 5.71 Å². The highest BCUT2D eigenvalue weighted by molar-refractivity contribution is 5.96. The summed E-state index contributed by atoms with van der Waals surface area (Å²) >= 11 is 0. The van der Waals surface area contributed by atoms with E-state index in [4.69, 9.17) is 9.57 Å². The molecule has 5 nitrogen and oxygen atoms in total. The van der Waals surface area contributed by atoms with Gasteiger partial charge in [-0.3, -0.25) is 4.90 Å². The van der Waals surface area contributed by atoms with E-state index in [1.807, 2.05) is 0 Å². The Morgan fingerprint density at radius 1 is 1.46 bits per heavy atom. The molecule has 0 saturated carbocycles. The molecule has 0 spiro atoms. The number of fused-ring (bicyclic) bond motifs is 3. The quantitative estimate of drug-likeness (QED) is 0.538. The van der Waals surface area contributed by atoms with Gasteiger partial charge in [0, 0.05) is 12.5 Å². The summed E-state index contributed by atoms with van der Waals surface area (Å²) in [6, 6.07) is 0.0498. The molecule has 3 rings (SSSR count). The molecule has 13 heavy (non-hydrogen) atoms. The van der Waals surface area contributed by atoms with E-state index >= 15 is 0 Å². The Balaban J connectivity index is 1.92. The Bertz CT molecular complexity index is 289. The number of cyclic esters (lactones) is 1. The normalized spacial score (nSPS) is 36.2. The molecule has 3 aliphatic heterocycles. The van der Waals surface area contributed by atoms with Crippen LogP contribution in [-0.4, -0.2) is 42.5 Å². The molecule has 0 aromatic rings. The number of amides is 1. The van der Waals surface area contributed by atoms with Crippen molar-refractivity contribution in [2.45, 2.75) is 12.5 Å². The van der Waals surface area contributed by atoms with Gasteiger partial charge in [-0.2, -0.15) is 0 Å². The summed E-state index contributed by atoms with van der Waals surface area (Å²) in [5, 5.41) is 3.98. The number of hydrogen-bond donors (Lipinski definition) is 0. The van der Waals surface area contributed by atoms with Gasteiger partial charge >= 0.3 is 6.09 Å². The second-order valence-electron chi connectivity index (χ2n) is 3.58. The molecular weight excluding hydrogens is 172 g/mol. The topological polar surface area (TPSA) is 51.1 Å². The molecule has 1 amide bonds. The van der Waals surface area contributed by atoms with E-state index in [1.165, 1.54) is 0 Å². The van der Waals surface area contributed by atoms with E-state index in [1.54, 1.807) is 4.90 Å². The molecule has 3 heterocycles. The number of ether oxygens (including phenoxy) is 1. The molecular formula is C8H10N2O3. The molecule has 0 bridgehead atoms. The molecule has 2 fully saturated rings. The minimum atomic E-state index is -0.210. The molecule has 0 N–H and O–H groups in total. The van der Waals surface area contributed by atoms with E-state index in [0.717, 1.165) is 18.7 Å². The third-order valence-electron chi connectivity index (χ3n) is 2.90. The highest BCUT2D eigenvalue weighted by Gasteiger charge is 2.45. The standard InChI is InChI=1S/C8H10N2O3/c11-8-10-2-1-5-3-13-9-7(5)6(10)4-12-8/h5-6H,1-4H2/t5-,6+/m1/s1. The Labute approximate surface area is 75.3 Å². The minimum absolute atomic E-state index is 0.0498. The van der Waals surface area contributed by atoms with Crippen LogP contribution in [0, 0.1) is 5.92 Å². The van der Waals surface area contributed by atoms with Crippen molar-refractivity contribution in [2.75, 3.05) is 19.8 Å². The first-order chi connectivity index (χ1) is 6.36. The summed E-state index contributed by atoms with van der Waals surface area (Å²) in [4.78, 5) is 18.0. The number of nitrogens with zero attached hydrogens (tertiary/aromatic N) is 2. The highest BCUT2D eigenvalue weighted by atomic mass is 16.6. The highest BCUT2D eigenvalue weighted by Crippen LogP contribution is 2.28. The van der Waals surface area contributed by atoms with Crippen LogP contribution in [0.4, 0.5) is 4.79 Å². The average Bonchev–Trinajstić information content (AvgIpc) is 2.70. The van der Waals surface area contributed by atoms with Crippen molar-refractivity contribution in [3.63, 3.8) is 0 Å². The predicted octanol–water partition coefficient (Wildman–Crippen LogP) is 0.213. The van der Waals surface area contributed by atoms with Crippen molar-refractivity contribution in [3.05, 3.63) is 0 Å². The van der Waals surface area contributed by atoms with Crippen molar-refractivity contribution in [2.24, 2.45) is 11.1 Å². The van der Waals surface area contributed by atoms with Crippen LogP contribution in [0.3, 0.4) is 0 Å². The lowest BCUT2D eigenvalue weighted by Gasteiger charge is -2.29. The Hall–Kier alpha value is -1.26. The molecule has 3 aliphatic rings. The molecule has 2 saturated heterocycles. The molecule has 2 atom stereocenters. The van der Waals surface area contributed by atoms with E-state index in [2.05, 4.69) is 5.16 Å². The smallest absolute Gasteiger partial charge is 0.410 e. The van der Waals surface area contributed by atoms with Crippen LogP contribution in [0.15, 0.2) is 5.16 Å². The molecule has 70 valence electrons. The fourth-order valence-electron chi connectivity index (χ4n) is 2.16. The van der Waals surface area contributed by atoms with Gasteiger partial charge in [-0.1, -0.05) is 5.16 Å². The number of oxime groups is 1. The van der Waals surface area contributed by atoms with Gasteiger partial charge < -0.3 is 9.57 Å². The van der Waals surface area contributed by atoms with Gasteiger partial charge in [-0.25, -0.2) is 4.79 Å². The first kappa shape index (κ1) is 7.17. The van der Waals surface area contributed by atoms with Crippen molar-refractivity contribution in [1.82, 2.24) is 4.90 Å². The zero-order valence-electron chi connectivity index (χ0n) is 7.10. The van der Waals surface area contributed by atoms with Gasteiger partial charge in [0.1, 0.15) is 19.3 Å². The first-order valence-corrected chi connectivity index (χ1v) is 4.49. The fourth-order valence-corrected chi connectivity index (χ4v) is 2.16. The van der Waals surface area contributed by atoms with Crippen LogP contribution in [-0.2, 0) is 9.57 Å². The summed E-state index contributed by atoms with van der Waals surface area (Å²) in [7, 11) is 0. The second-order valence-corrected chi connectivity index (χ2v) is 3.58. The number of carbonyl (C=O) groups is 1. The number of hydrogen-bond acceptors (Lipinski definition) is 4. The Morgan fingerprint density at radius 3 is 3.31 bits per heavy atom. The van der Waals surface area contributed by atoms with Crippen LogP contribution in [0.1, 0.15) is 6.42 Å². The number of rotatable bonds is 0. The van der Waals surface area contributed by atoms with Crippen LogP contribution < -0.4 is 0 Å². The van der Waals surface area contributed by atoms with Gasteiger partial charge in [-0.15, -0.1) is 0 Å². The van der Waals surface area contributed by atoms with E-state index in [-0.39, 0.29) is 12.1 Å². The molecule has 0 radical (unpaired) electrons. The fraction of sp³-hybridized carbons (Fsp3) is 0.750. The summed E-state index contributed by atoms with van der Waals surface area (Å²) in [5.74, 6) is 0.413. The van der Waals surface area contributed by atoms with Crippen LogP contribution in [0.2, 0.25) is 0 Å². The third-order valence-corrected chi connectivity index (χ3v) is 2.90. The summed E-state index contributed by atoms with van der Waals surface area (Å²) in [5.41, 5.74) is 0.997. The Morgan fingerprint density at radius 2 is 2.38 bits per heavy atom. The van der Waals surface area contributed by atoms with Gasteiger partial charge in [0.25, 0.3) is 0 Å². The third kappa shape index (κ3) is 0.868. The maximum atomic E-state index is 11.2. The summed E-state index contributed by atoms with van der Waals surface area (Å²) in [6.07, 6.45) is 0.739. The molecule has 0 aromatic heterocycles. The van der Waals surface area contributed by atoms with E-state index < -0.39 is 0 Å². The van der Waals surface area contributed by atoms with E-state index in [0.29, 0.717) is 19.1 Å². The zero-order chi connectivity index (χ0) is 8.84. The molecule has 0 aromatic carbocycles. The van der Waals surface area contributed by atoms with Crippen LogP contribution >= 0.6 is 0 Å². The van der Waals surface area contributed by atoms with Crippen molar-refractivity contribution < 1.29 is 14.4 Å². The van der Waals surface area contributed by atoms with Crippen molar-refractivity contribution in [1.29, 1.82) is 0 Å². The maximum Gasteiger partial charge on any atom is 0.410 e. The minimum Gasteiger partial charge on any atom is -0.447 e. The van der Waals surface area contributed by atoms with Crippen molar-refractivity contribution in [3.8, 4) is 0 Å². The van der Waals surface area contributed by atoms with Gasteiger partial charge in [-0.05, 0) is 6.42 Å². The lowest BCUT2D eigenvalue weighted by molar-refractivity contribution is 0.143. The number of piperidine rings is 1. The van der Waals surface area contributed by atoms with E-state index in [9.17, 15) is 4.79 Å². The monoisotopic (exact) mass is 182 g/mol. The van der Waals surface area contributed by atoms with Crippen molar-refractivity contribution >= 4 is 11.8 Å². The van der Waals surface area contributed by atoms with Gasteiger partial charge in [0.15, 0.2) is 0 Å². The Kier molecular flexibility index (Phi) is 1.31. The lowest BCUT2D eigenvalue weighted by atomic mass is 9.91. The SMILES string of the molecule is O=C1OC[C@H]2C3=NOC[C@H]3CCN12. The molecule has 0 aliphatic carbocycles. The summed E-state index contributed by atoms with van der Waals surface area (Å²) in [6.45, 7) is 1.89. The molecule has 0 unspecified atom stereocenters.